The first-order valence-electron chi connectivity index (χ1n) is 7.25. The van der Waals surface area contributed by atoms with Gasteiger partial charge in [0.1, 0.15) is 5.54 Å². The van der Waals surface area contributed by atoms with Crippen LogP contribution in [0, 0.1) is 6.92 Å². The Morgan fingerprint density at radius 1 is 1.29 bits per heavy atom. The minimum atomic E-state index is -0.725. The van der Waals surface area contributed by atoms with Crippen LogP contribution in [0.2, 0.25) is 0 Å². The number of piperidine rings is 1. The van der Waals surface area contributed by atoms with Gasteiger partial charge in [-0.25, -0.2) is 0 Å². The van der Waals surface area contributed by atoms with E-state index in [1.54, 1.807) is 14.1 Å². The predicted octanol–water partition coefficient (Wildman–Crippen LogP) is 1.17. The zero-order chi connectivity index (χ0) is 15.5. The van der Waals surface area contributed by atoms with Gasteiger partial charge in [-0.05, 0) is 31.9 Å². The first-order valence-corrected chi connectivity index (χ1v) is 7.25. The largest absolute Gasteiger partial charge is 0.371 e. The van der Waals surface area contributed by atoms with Gasteiger partial charge in [0.25, 0.3) is 0 Å². The molecule has 0 atom stereocenters. The summed E-state index contributed by atoms with van der Waals surface area (Å²) in [6, 6.07) is 8.39. The number of carbonyl (C=O) groups excluding carboxylic acids is 2. The van der Waals surface area contributed by atoms with Gasteiger partial charge in [0.15, 0.2) is 0 Å². The van der Waals surface area contributed by atoms with Crippen molar-refractivity contribution in [3.05, 3.63) is 29.8 Å². The molecule has 2 amide bonds. The Bertz CT molecular complexity index is 505. The fourth-order valence-electron chi connectivity index (χ4n) is 2.96. The van der Waals surface area contributed by atoms with Crippen molar-refractivity contribution < 1.29 is 9.59 Å². The molecule has 0 aromatic heterocycles. The Hall–Kier alpha value is -2.04. The summed E-state index contributed by atoms with van der Waals surface area (Å²) in [7, 11) is 3.30. The number of likely N-dealkylation sites (N-methyl/N-ethyl adjacent to an activating group) is 2. The van der Waals surface area contributed by atoms with Crippen LogP contribution in [-0.2, 0) is 9.59 Å². The number of aryl methyl sites for hydroxylation is 1. The van der Waals surface area contributed by atoms with Crippen LogP contribution in [0.15, 0.2) is 24.3 Å². The summed E-state index contributed by atoms with van der Waals surface area (Å²) in [6.45, 7) is 3.58. The highest BCUT2D eigenvalue weighted by molar-refractivity contribution is 5.88. The lowest BCUT2D eigenvalue weighted by molar-refractivity contribution is -0.140. The van der Waals surface area contributed by atoms with Crippen molar-refractivity contribution in [2.75, 3.05) is 32.1 Å². The molecule has 1 aliphatic rings. The van der Waals surface area contributed by atoms with E-state index in [-0.39, 0.29) is 5.91 Å². The molecule has 1 aromatic carbocycles. The molecule has 1 N–H and O–H groups in total. The van der Waals surface area contributed by atoms with Crippen molar-refractivity contribution in [3.8, 4) is 0 Å². The van der Waals surface area contributed by atoms with Gasteiger partial charge in [-0.1, -0.05) is 17.7 Å². The van der Waals surface area contributed by atoms with Gasteiger partial charge < -0.3 is 15.1 Å². The summed E-state index contributed by atoms with van der Waals surface area (Å²) in [5.41, 5.74) is 1.67. The lowest BCUT2D eigenvalue weighted by atomic mass is 9.85. The van der Waals surface area contributed by atoms with E-state index in [0.29, 0.717) is 12.8 Å². The van der Waals surface area contributed by atoms with Gasteiger partial charge in [-0.3, -0.25) is 9.59 Å². The molecule has 2 rings (SSSR count). The van der Waals surface area contributed by atoms with Crippen molar-refractivity contribution >= 4 is 18.0 Å². The smallest absolute Gasteiger partial charge is 0.245 e. The molecule has 1 aliphatic heterocycles. The molecule has 0 bridgehead atoms. The van der Waals surface area contributed by atoms with Gasteiger partial charge in [-0.2, -0.15) is 0 Å². The van der Waals surface area contributed by atoms with Crippen molar-refractivity contribution in [1.29, 1.82) is 0 Å². The molecule has 0 aliphatic carbocycles. The van der Waals surface area contributed by atoms with Crippen LogP contribution in [0.4, 0.5) is 5.69 Å². The zero-order valence-corrected chi connectivity index (χ0v) is 12.9. The maximum absolute atomic E-state index is 12.2. The fourth-order valence-corrected chi connectivity index (χ4v) is 2.96. The van der Waals surface area contributed by atoms with E-state index in [2.05, 4.69) is 41.4 Å². The highest BCUT2D eigenvalue weighted by Gasteiger charge is 2.44. The Kier molecular flexibility index (Phi) is 4.50. The number of anilines is 1. The second kappa shape index (κ2) is 6.16. The second-order valence-corrected chi connectivity index (χ2v) is 5.65. The molecule has 114 valence electrons. The van der Waals surface area contributed by atoms with Crippen molar-refractivity contribution in [2.24, 2.45) is 0 Å². The summed E-state index contributed by atoms with van der Waals surface area (Å²) in [4.78, 5) is 27.2. The Morgan fingerprint density at radius 2 is 1.86 bits per heavy atom. The van der Waals surface area contributed by atoms with Crippen LogP contribution in [0.1, 0.15) is 18.4 Å². The third-order valence-corrected chi connectivity index (χ3v) is 4.47. The van der Waals surface area contributed by atoms with Crippen molar-refractivity contribution in [1.82, 2.24) is 10.2 Å². The maximum Gasteiger partial charge on any atom is 0.245 e. The van der Waals surface area contributed by atoms with E-state index in [0.717, 1.165) is 19.5 Å². The molecule has 5 nitrogen and oxygen atoms in total. The first kappa shape index (κ1) is 15.4. The van der Waals surface area contributed by atoms with E-state index >= 15 is 0 Å². The van der Waals surface area contributed by atoms with Gasteiger partial charge in [0.2, 0.25) is 12.3 Å². The third-order valence-electron chi connectivity index (χ3n) is 4.47. The van der Waals surface area contributed by atoms with Gasteiger partial charge in [-0.15, -0.1) is 0 Å². The molecule has 1 aromatic rings. The van der Waals surface area contributed by atoms with Gasteiger partial charge in [0.05, 0.1) is 0 Å². The second-order valence-electron chi connectivity index (χ2n) is 5.65. The molecular formula is C16H23N3O2. The normalized spacial score (nSPS) is 17.2. The Labute approximate surface area is 125 Å². The average molecular weight is 289 g/mol. The maximum atomic E-state index is 12.2. The lowest BCUT2D eigenvalue weighted by Gasteiger charge is -2.45. The van der Waals surface area contributed by atoms with Gasteiger partial charge >= 0.3 is 0 Å². The van der Waals surface area contributed by atoms with Crippen molar-refractivity contribution in [3.63, 3.8) is 0 Å². The van der Waals surface area contributed by atoms with E-state index in [1.165, 1.54) is 16.2 Å². The van der Waals surface area contributed by atoms with E-state index < -0.39 is 5.54 Å². The van der Waals surface area contributed by atoms with Gasteiger partial charge in [0, 0.05) is 32.9 Å². The number of carbonyl (C=O) groups is 2. The predicted molar refractivity (Wildman–Crippen MR) is 83.3 cm³/mol. The number of nitrogens with zero attached hydrogens (tertiary/aromatic N) is 2. The number of hydrogen-bond donors (Lipinski definition) is 1. The summed E-state index contributed by atoms with van der Waals surface area (Å²) in [6.07, 6.45) is 2.02. The number of nitrogens with one attached hydrogen (secondary N) is 1. The Balaban J connectivity index is 2.14. The molecule has 5 heteroatoms. The summed E-state index contributed by atoms with van der Waals surface area (Å²) in [5.74, 6) is -0.0827. The average Bonchev–Trinajstić information content (AvgIpc) is 2.54. The van der Waals surface area contributed by atoms with Crippen LogP contribution in [0.25, 0.3) is 0 Å². The van der Waals surface area contributed by atoms with Crippen LogP contribution in [0.3, 0.4) is 0 Å². The van der Waals surface area contributed by atoms with E-state index in [4.69, 9.17) is 0 Å². The molecule has 0 spiro atoms. The summed E-state index contributed by atoms with van der Waals surface area (Å²) < 4.78 is 0. The molecule has 21 heavy (non-hydrogen) atoms. The van der Waals surface area contributed by atoms with Crippen molar-refractivity contribution in [2.45, 2.75) is 25.3 Å². The van der Waals surface area contributed by atoms with E-state index in [9.17, 15) is 9.59 Å². The molecule has 1 heterocycles. The quantitative estimate of drug-likeness (QED) is 0.847. The topological polar surface area (TPSA) is 52.7 Å². The fraction of sp³-hybridized carbons (Fsp3) is 0.500. The van der Waals surface area contributed by atoms with Crippen LogP contribution >= 0.6 is 0 Å². The molecule has 0 radical (unpaired) electrons. The number of hydrogen-bond acceptors (Lipinski definition) is 3. The first-order chi connectivity index (χ1) is 10.0. The van der Waals surface area contributed by atoms with Crippen LogP contribution in [-0.4, -0.2) is 49.9 Å². The zero-order valence-electron chi connectivity index (χ0n) is 12.9. The molecule has 1 fully saturated rings. The third kappa shape index (κ3) is 2.86. The lowest BCUT2D eigenvalue weighted by Crippen LogP contribution is -2.61. The number of benzene rings is 1. The van der Waals surface area contributed by atoms with Crippen LogP contribution in [0.5, 0.6) is 0 Å². The highest BCUT2D eigenvalue weighted by Crippen LogP contribution is 2.30. The summed E-state index contributed by atoms with van der Waals surface area (Å²) >= 11 is 0. The molecular weight excluding hydrogens is 266 g/mol. The standard InChI is InChI=1S/C16H23N3O2/c1-13-4-6-14(7-5-13)19-10-8-16(9-11-19,15(21)17-2)18(3)12-20/h4-7,12H,8-11H2,1-3H3,(H,17,21). The van der Waals surface area contributed by atoms with Crippen LogP contribution < -0.4 is 10.2 Å². The summed E-state index contributed by atoms with van der Waals surface area (Å²) in [5, 5.41) is 2.69. The Morgan fingerprint density at radius 3 is 2.33 bits per heavy atom. The number of rotatable bonds is 4. The molecule has 1 saturated heterocycles. The minimum absolute atomic E-state index is 0.0827. The molecule has 0 saturated carbocycles. The minimum Gasteiger partial charge on any atom is -0.371 e. The van der Waals surface area contributed by atoms with E-state index in [1.807, 2.05) is 0 Å². The molecule has 0 unspecified atom stereocenters. The number of amides is 2. The highest BCUT2D eigenvalue weighted by atomic mass is 16.2. The SMILES string of the molecule is CNC(=O)C1(N(C)C=O)CCN(c2ccc(C)cc2)CC1. The monoisotopic (exact) mass is 289 g/mol.